The van der Waals surface area contributed by atoms with Gasteiger partial charge in [-0.3, -0.25) is 9.59 Å². The number of hydrogen-bond donors (Lipinski definition) is 0. The van der Waals surface area contributed by atoms with Gasteiger partial charge in [-0.1, -0.05) is 46.0 Å². The van der Waals surface area contributed by atoms with E-state index in [1.54, 1.807) is 0 Å². The molecular formula is C18H32N2O2. The van der Waals surface area contributed by atoms with Crippen molar-refractivity contribution in [2.45, 2.75) is 71.3 Å². The highest BCUT2D eigenvalue weighted by molar-refractivity contribution is 5.89. The largest absolute Gasteiger partial charge is 0.345 e. The molecule has 1 aliphatic carbocycles. The zero-order valence-corrected chi connectivity index (χ0v) is 14.5. The van der Waals surface area contributed by atoms with Crippen LogP contribution in [0.15, 0.2) is 0 Å². The second kappa shape index (κ2) is 7.98. The third-order valence-electron chi connectivity index (χ3n) is 5.43. The molecule has 2 atom stereocenters. The number of likely N-dealkylation sites (tertiary alicyclic amines) is 1. The summed E-state index contributed by atoms with van der Waals surface area (Å²) in [6.45, 7) is 5.76. The number of carbonyl (C=O) groups is 2. The van der Waals surface area contributed by atoms with Gasteiger partial charge in [0.1, 0.15) is 0 Å². The molecule has 2 rings (SSSR count). The summed E-state index contributed by atoms with van der Waals surface area (Å²) in [5.41, 5.74) is 0. The van der Waals surface area contributed by atoms with Crippen LogP contribution in [-0.4, -0.2) is 47.8 Å². The van der Waals surface area contributed by atoms with E-state index in [4.69, 9.17) is 0 Å². The molecule has 4 heteroatoms. The lowest BCUT2D eigenvalue weighted by molar-refractivity contribution is -0.135. The quantitative estimate of drug-likeness (QED) is 0.732. The average molecular weight is 308 g/mol. The van der Waals surface area contributed by atoms with E-state index < -0.39 is 0 Å². The fraction of sp³-hybridized carbons (Fsp3) is 0.889. The molecule has 1 heterocycles. The molecule has 0 unspecified atom stereocenters. The van der Waals surface area contributed by atoms with E-state index in [0.717, 1.165) is 25.8 Å². The van der Waals surface area contributed by atoms with Gasteiger partial charge < -0.3 is 9.80 Å². The summed E-state index contributed by atoms with van der Waals surface area (Å²) in [4.78, 5) is 28.8. The van der Waals surface area contributed by atoms with Crippen LogP contribution in [-0.2, 0) is 9.59 Å². The summed E-state index contributed by atoms with van der Waals surface area (Å²) in [7, 11) is 1.88. The van der Waals surface area contributed by atoms with Gasteiger partial charge in [0.25, 0.3) is 0 Å². The fourth-order valence-corrected chi connectivity index (χ4v) is 3.82. The Morgan fingerprint density at radius 1 is 1.27 bits per heavy atom. The van der Waals surface area contributed by atoms with Crippen LogP contribution in [0.3, 0.4) is 0 Å². The minimum absolute atomic E-state index is 0.121. The Hall–Kier alpha value is -1.06. The molecule has 0 spiro atoms. The molecule has 1 saturated heterocycles. The first-order chi connectivity index (χ1) is 10.5. The van der Waals surface area contributed by atoms with E-state index in [0.29, 0.717) is 24.9 Å². The van der Waals surface area contributed by atoms with Gasteiger partial charge in [-0.2, -0.15) is 0 Å². The van der Waals surface area contributed by atoms with Gasteiger partial charge in [-0.25, -0.2) is 0 Å². The van der Waals surface area contributed by atoms with Crippen molar-refractivity contribution in [2.24, 2.45) is 11.8 Å². The molecule has 0 bridgehead atoms. The predicted molar refractivity (Wildman–Crippen MR) is 88.4 cm³/mol. The average Bonchev–Trinajstić information content (AvgIpc) is 2.73. The van der Waals surface area contributed by atoms with Crippen LogP contribution >= 0.6 is 0 Å². The SMILES string of the molecule is CC[C@@H](C)CN(C)C(=O)[C@@H]1CC(=O)N(C2CCCCCC2)C1. The van der Waals surface area contributed by atoms with Gasteiger partial charge in [0.05, 0.1) is 5.92 Å². The van der Waals surface area contributed by atoms with Crippen LogP contribution in [0.4, 0.5) is 0 Å². The van der Waals surface area contributed by atoms with Crippen molar-refractivity contribution in [3.05, 3.63) is 0 Å². The standard InChI is InChI=1S/C18H32N2O2/c1-4-14(2)12-19(3)18(22)15-11-17(21)20(13-15)16-9-7-5-6-8-10-16/h14-16H,4-13H2,1-3H3/t14-,15-/m1/s1. The number of hydrogen-bond acceptors (Lipinski definition) is 2. The lowest BCUT2D eigenvalue weighted by Gasteiger charge is -2.28. The molecule has 2 amide bonds. The van der Waals surface area contributed by atoms with Crippen molar-refractivity contribution in [2.75, 3.05) is 20.1 Å². The molecular weight excluding hydrogens is 276 g/mol. The zero-order valence-electron chi connectivity index (χ0n) is 14.5. The normalized spacial score (nSPS) is 25.1. The van der Waals surface area contributed by atoms with Crippen LogP contribution in [0.25, 0.3) is 0 Å². The van der Waals surface area contributed by atoms with Gasteiger partial charge in [0.15, 0.2) is 0 Å². The number of rotatable bonds is 5. The number of carbonyl (C=O) groups excluding carboxylic acids is 2. The summed E-state index contributed by atoms with van der Waals surface area (Å²) in [5, 5.41) is 0. The molecule has 2 fully saturated rings. The van der Waals surface area contributed by atoms with Gasteiger partial charge in [0.2, 0.25) is 11.8 Å². The van der Waals surface area contributed by atoms with Crippen molar-refractivity contribution in [3.63, 3.8) is 0 Å². The number of amides is 2. The minimum atomic E-state index is -0.121. The molecule has 1 aliphatic heterocycles. The summed E-state index contributed by atoms with van der Waals surface area (Å²) in [5.74, 6) is 0.751. The Labute approximate surface area is 135 Å². The van der Waals surface area contributed by atoms with Crippen LogP contribution in [0, 0.1) is 11.8 Å². The topological polar surface area (TPSA) is 40.6 Å². The van der Waals surface area contributed by atoms with E-state index in [2.05, 4.69) is 13.8 Å². The van der Waals surface area contributed by atoms with E-state index in [9.17, 15) is 9.59 Å². The lowest BCUT2D eigenvalue weighted by atomic mass is 10.0. The molecule has 126 valence electrons. The highest BCUT2D eigenvalue weighted by atomic mass is 16.2. The molecule has 0 N–H and O–H groups in total. The molecule has 2 aliphatic rings. The first kappa shape index (κ1) is 17.3. The predicted octanol–water partition coefficient (Wildman–Crippen LogP) is 3.06. The number of nitrogens with zero attached hydrogens (tertiary/aromatic N) is 2. The highest BCUT2D eigenvalue weighted by Crippen LogP contribution is 2.28. The summed E-state index contributed by atoms with van der Waals surface area (Å²) in [6, 6.07) is 0.382. The Morgan fingerprint density at radius 3 is 2.50 bits per heavy atom. The van der Waals surface area contributed by atoms with E-state index in [1.165, 1.54) is 25.7 Å². The smallest absolute Gasteiger partial charge is 0.227 e. The Morgan fingerprint density at radius 2 is 1.91 bits per heavy atom. The molecule has 0 radical (unpaired) electrons. The first-order valence-corrected chi connectivity index (χ1v) is 9.07. The molecule has 0 aromatic heterocycles. The third-order valence-corrected chi connectivity index (χ3v) is 5.43. The Bertz CT molecular complexity index is 389. The van der Waals surface area contributed by atoms with Gasteiger partial charge in [-0.15, -0.1) is 0 Å². The molecule has 4 nitrogen and oxygen atoms in total. The van der Waals surface area contributed by atoms with Crippen molar-refractivity contribution in [3.8, 4) is 0 Å². The van der Waals surface area contributed by atoms with Crippen LogP contribution < -0.4 is 0 Å². The summed E-state index contributed by atoms with van der Waals surface area (Å²) in [6.07, 6.45) is 8.76. The van der Waals surface area contributed by atoms with Crippen LogP contribution in [0.1, 0.15) is 65.2 Å². The highest BCUT2D eigenvalue weighted by Gasteiger charge is 2.38. The van der Waals surface area contributed by atoms with Crippen LogP contribution in [0.5, 0.6) is 0 Å². The maximum Gasteiger partial charge on any atom is 0.227 e. The van der Waals surface area contributed by atoms with Gasteiger partial charge >= 0.3 is 0 Å². The van der Waals surface area contributed by atoms with Crippen molar-refractivity contribution in [1.29, 1.82) is 0 Å². The molecule has 0 aromatic rings. The second-order valence-electron chi connectivity index (χ2n) is 7.32. The van der Waals surface area contributed by atoms with Gasteiger partial charge in [0, 0.05) is 32.6 Å². The molecule has 1 saturated carbocycles. The monoisotopic (exact) mass is 308 g/mol. The van der Waals surface area contributed by atoms with E-state index >= 15 is 0 Å². The van der Waals surface area contributed by atoms with Crippen LogP contribution in [0.2, 0.25) is 0 Å². The van der Waals surface area contributed by atoms with Crippen molar-refractivity contribution >= 4 is 11.8 Å². The summed E-state index contributed by atoms with van der Waals surface area (Å²) < 4.78 is 0. The van der Waals surface area contributed by atoms with E-state index in [-0.39, 0.29) is 17.7 Å². The lowest BCUT2D eigenvalue weighted by Crippen LogP contribution is -2.39. The second-order valence-corrected chi connectivity index (χ2v) is 7.32. The van der Waals surface area contributed by atoms with E-state index in [1.807, 2.05) is 16.8 Å². The van der Waals surface area contributed by atoms with Crippen molar-refractivity contribution in [1.82, 2.24) is 9.80 Å². The van der Waals surface area contributed by atoms with Crippen molar-refractivity contribution < 1.29 is 9.59 Å². The molecule has 22 heavy (non-hydrogen) atoms. The summed E-state index contributed by atoms with van der Waals surface area (Å²) >= 11 is 0. The third kappa shape index (κ3) is 4.23. The fourth-order valence-electron chi connectivity index (χ4n) is 3.82. The Balaban J connectivity index is 1.91. The maximum absolute atomic E-state index is 12.6. The first-order valence-electron chi connectivity index (χ1n) is 9.07. The minimum Gasteiger partial charge on any atom is -0.345 e. The maximum atomic E-state index is 12.6. The zero-order chi connectivity index (χ0) is 16.1. The van der Waals surface area contributed by atoms with Gasteiger partial charge in [-0.05, 0) is 18.8 Å². The molecule has 0 aromatic carbocycles. The Kier molecular flexibility index (Phi) is 6.27.